The van der Waals surface area contributed by atoms with Crippen molar-refractivity contribution in [2.75, 3.05) is 6.61 Å². The second kappa shape index (κ2) is 10.3. The van der Waals surface area contributed by atoms with Crippen LogP contribution >= 0.6 is 0 Å². The van der Waals surface area contributed by atoms with Gasteiger partial charge in [0.2, 0.25) is 0 Å². The van der Waals surface area contributed by atoms with Gasteiger partial charge in [0, 0.05) is 17.9 Å². The van der Waals surface area contributed by atoms with Gasteiger partial charge in [-0.1, -0.05) is 32.1 Å². The number of aromatic nitrogens is 1. The Kier molecular flexibility index (Phi) is 8.60. The first-order chi connectivity index (χ1) is 13.7. The Hall–Kier alpha value is -1.30. The Morgan fingerprint density at radius 2 is 2.10 bits per heavy atom. The fourth-order valence-electron chi connectivity index (χ4n) is 3.67. The standard InChI is InChI=1S/C24H31NO4.Ca.2H/c1-15(2)22-25-20(16(3)29-22)12-13-28-21-11-7-9-18-17(8-6-10-19(18)21)14-24(4,5)23(26)27;;;/h7-9,11,15H,6,10,12-14H2,1-5H3,(H,26,27);;;/q;+2;2*-1. The second-order valence-electron chi connectivity index (χ2n) is 8.72. The topological polar surface area (TPSA) is 72.6 Å². The SMILES string of the molecule is Cc1oc(C(C)C)nc1CCOc1cccc2c1CCC=C2CC(C)(C)C(=O)O.[Ca+2].[H-].[H-]. The van der Waals surface area contributed by atoms with Crippen molar-refractivity contribution in [1.29, 1.82) is 0 Å². The summed E-state index contributed by atoms with van der Waals surface area (Å²) in [4.78, 5) is 16.1. The number of ether oxygens (including phenoxy) is 1. The smallest absolute Gasteiger partial charge is 1.00 e. The molecular weight excluding hydrogens is 406 g/mol. The molecule has 0 spiro atoms. The van der Waals surface area contributed by atoms with E-state index in [1.165, 1.54) is 5.56 Å². The van der Waals surface area contributed by atoms with Gasteiger partial charge < -0.3 is 17.1 Å². The summed E-state index contributed by atoms with van der Waals surface area (Å²) in [6, 6.07) is 6.06. The van der Waals surface area contributed by atoms with Gasteiger partial charge in [-0.2, -0.15) is 0 Å². The molecule has 0 aliphatic heterocycles. The minimum atomic E-state index is -0.796. The molecule has 1 N–H and O–H groups in total. The van der Waals surface area contributed by atoms with Crippen LogP contribution in [0.3, 0.4) is 0 Å². The van der Waals surface area contributed by atoms with E-state index in [0.717, 1.165) is 47.1 Å². The van der Waals surface area contributed by atoms with Gasteiger partial charge in [-0.15, -0.1) is 0 Å². The molecule has 1 aromatic heterocycles. The van der Waals surface area contributed by atoms with Crippen molar-refractivity contribution in [2.45, 2.75) is 66.2 Å². The summed E-state index contributed by atoms with van der Waals surface area (Å²) >= 11 is 0. The molecule has 1 aliphatic rings. The zero-order valence-electron chi connectivity index (χ0n) is 20.7. The third kappa shape index (κ3) is 5.68. The maximum absolute atomic E-state index is 11.6. The predicted molar refractivity (Wildman–Crippen MR) is 121 cm³/mol. The Bertz CT molecular complexity index is 938. The maximum Gasteiger partial charge on any atom is 2.00 e. The van der Waals surface area contributed by atoms with Crippen LogP contribution in [-0.2, 0) is 17.6 Å². The number of oxazole rings is 1. The monoisotopic (exact) mass is 439 g/mol. The van der Waals surface area contributed by atoms with Crippen LogP contribution in [0.15, 0.2) is 28.7 Å². The van der Waals surface area contributed by atoms with E-state index in [1.807, 2.05) is 19.1 Å². The summed E-state index contributed by atoms with van der Waals surface area (Å²) in [5.74, 6) is 2.00. The number of carboxylic acids is 1. The van der Waals surface area contributed by atoms with E-state index in [-0.39, 0.29) is 46.5 Å². The predicted octanol–water partition coefficient (Wildman–Crippen LogP) is 5.40. The number of benzene rings is 1. The first kappa shape index (κ1) is 25.0. The number of allylic oxidation sites excluding steroid dienone is 2. The quantitative estimate of drug-likeness (QED) is 0.557. The molecule has 0 bridgehead atoms. The molecule has 1 heterocycles. The van der Waals surface area contributed by atoms with Gasteiger partial charge in [0.05, 0.1) is 17.7 Å². The molecule has 0 saturated carbocycles. The molecular formula is C24H33CaNO4. The summed E-state index contributed by atoms with van der Waals surface area (Å²) in [7, 11) is 0. The maximum atomic E-state index is 11.6. The Labute approximate surface area is 211 Å². The van der Waals surface area contributed by atoms with Gasteiger partial charge in [-0.3, -0.25) is 4.79 Å². The van der Waals surface area contributed by atoms with E-state index >= 15 is 0 Å². The molecule has 2 aromatic rings. The van der Waals surface area contributed by atoms with Crippen LogP contribution in [0.4, 0.5) is 0 Å². The second-order valence-corrected chi connectivity index (χ2v) is 8.72. The fraction of sp³-hybridized carbons (Fsp3) is 0.500. The molecule has 0 saturated heterocycles. The normalized spacial score (nSPS) is 13.5. The number of nitrogens with zero attached hydrogens (tertiary/aromatic N) is 1. The Morgan fingerprint density at radius 1 is 1.37 bits per heavy atom. The van der Waals surface area contributed by atoms with E-state index < -0.39 is 11.4 Å². The van der Waals surface area contributed by atoms with Crippen molar-refractivity contribution in [2.24, 2.45) is 5.41 Å². The number of aryl methyl sites for hydroxylation is 1. The zero-order valence-corrected chi connectivity index (χ0v) is 21.0. The first-order valence-corrected chi connectivity index (χ1v) is 10.3. The summed E-state index contributed by atoms with van der Waals surface area (Å²) in [6.45, 7) is 10.2. The minimum Gasteiger partial charge on any atom is -1.00 e. The Balaban J connectivity index is 0.00000320. The van der Waals surface area contributed by atoms with Crippen LogP contribution in [0.5, 0.6) is 5.75 Å². The van der Waals surface area contributed by atoms with Crippen molar-refractivity contribution in [3.8, 4) is 5.75 Å². The first-order valence-electron chi connectivity index (χ1n) is 10.3. The van der Waals surface area contributed by atoms with Crippen LogP contribution in [0.1, 0.15) is 77.8 Å². The molecule has 0 radical (unpaired) electrons. The van der Waals surface area contributed by atoms with Crippen molar-refractivity contribution in [1.82, 2.24) is 4.98 Å². The van der Waals surface area contributed by atoms with Gasteiger partial charge in [0.15, 0.2) is 5.89 Å². The fourth-order valence-corrected chi connectivity index (χ4v) is 3.67. The third-order valence-corrected chi connectivity index (χ3v) is 5.47. The molecule has 160 valence electrons. The number of carbonyl (C=O) groups is 1. The van der Waals surface area contributed by atoms with Gasteiger partial charge in [-0.25, -0.2) is 4.98 Å². The summed E-state index contributed by atoms with van der Waals surface area (Å²) < 4.78 is 11.9. The molecule has 1 aliphatic carbocycles. The van der Waals surface area contributed by atoms with E-state index in [2.05, 4.69) is 31.0 Å². The number of aliphatic carboxylic acids is 1. The van der Waals surface area contributed by atoms with Crippen LogP contribution in [-0.4, -0.2) is 60.4 Å². The molecule has 0 amide bonds. The van der Waals surface area contributed by atoms with Crippen LogP contribution in [0.2, 0.25) is 0 Å². The van der Waals surface area contributed by atoms with Gasteiger partial charge in [-0.05, 0) is 57.2 Å². The molecule has 6 heteroatoms. The van der Waals surface area contributed by atoms with Crippen LogP contribution in [0.25, 0.3) is 5.57 Å². The van der Waals surface area contributed by atoms with Crippen molar-refractivity contribution in [3.05, 3.63) is 52.7 Å². The minimum absolute atomic E-state index is 0. The molecule has 5 nitrogen and oxygen atoms in total. The number of hydrogen-bond acceptors (Lipinski definition) is 4. The van der Waals surface area contributed by atoms with E-state index in [4.69, 9.17) is 9.15 Å². The molecule has 0 atom stereocenters. The number of rotatable bonds is 8. The average molecular weight is 440 g/mol. The molecule has 30 heavy (non-hydrogen) atoms. The van der Waals surface area contributed by atoms with Crippen LogP contribution < -0.4 is 4.74 Å². The van der Waals surface area contributed by atoms with E-state index in [1.54, 1.807) is 13.8 Å². The summed E-state index contributed by atoms with van der Waals surface area (Å²) in [5.41, 5.74) is 3.53. The molecule has 0 unspecified atom stereocenters. The number of hydrogen-bond donors (Lipinski definition) is 1. The third-order valence-electron chi connectivity index (χ3n) is 5.47. The largest absolute Gasteiger partial charge is 2.00 e. The van der Waals surface area contributed by atoms with Crippen molar-refractivity contribution >= 4 is 49.3 Å². The van der Waals surface area contributed by atoms with E-state index in [0.29, 0.717) is 19.4 Å². The van der Waals surface area contributed by atoms with Crippen molar-refractivity contribution < 1.29 is 21.9 Å². The summed E-state index contributed by atoms with van der Waals surface area (Å²) in [5, 5.41) is 9.49. The van der Waals surface area contributed by atoms with E-state index in [9.17, 15) is 9.90 Å². The van der Waals surface area contributed by atoms with Crippen molar-refractivity contribution in [3.63, 3.8) is 0 Å². The molecule has 0 fully saturated rings. The average Bonchev–Trinajstić information content (AvgIpc) is 3.03. The number of fused-ring (bicyclic) bond motifs is 1. The van der Waals surface area contributed by atoms with Gasteiger partial charge in [0.25, 0.3) is 0 Å². The molecule has 1 aromatic carbocycles. The number of carboxylic acid groups (broad SMARTS) is 1. The summed E-state index contributed by atoms with van der Waals surface area (Å²) in [6.07, 6.45) is 5.18. The molecule has 3 rings (SSSR count). The van der Waals surface area contributed by atoms with Crippen LogP contribution in [0, 0.1) is 12.3 Å². The zero-order chi connectivity index (χ0) is 21.2. The Morgan fingerprint density at radius 3 is 2.73 bits per heavy atom. The van der Waals surface area contributed by atoms with Gasteiger partial charge in [0.1, 0.15) is 11.5 Å². The van der Waals surface area contributed by atoms with Gasteiger partial charge >= 0.3 is 43.7 Å².